The molecule has 8 nitrogen and oxygen atoms in total. The van der Waals surface area contributed by atoms with Crippen LogP contribution in [0.3, 0.4) is 0 Å². The van der Waals surface area contributed by atoms with Gasteiger partial charge in [0.2, 0.25) is 5.95 Å². The zero-order valence-electron chi connectivity index (χ0n) is 13.1. The summed E-state index contributed by atoms with van der Waals surface area (Å²) in [5.74, 6) is 0.452. The third-order valence-electron chi connectivity index (χ3n) is 2.83. The van der Waals surface area contributed by atoms with Gasteiger partial charge in [-0.05, 0) is 19.1 Å². The number of aromatic nitrogens is 3. The molecule has 122 valence electrons. The van der Waals surface area contributed by atoms with Crippen molar-refractivity contribution in [3.05, 3.63) is 36.0 Å². The zero-order chi connectivity index (χ0) is 16.5. The lowest BCUT2D eigenvalue weighted by Crippen LogP contribution is -2.12. The van der Waals surface area contributed by atoms with Crippen LogP contribution >= 0.6 is 0 Å². The van der Waals surface area contributed by atoms with Crippen molar-refractivity contribution in [2.24, 2.45) is 0 Å². The van der Waals surface area contributed by atoms with Crippen molar-refractivity contribution in [1.29, 1.82) is 0 Å². The van der Waals surface area contributed by atoms with Gasteiger partial charge in [0.15, 0.2) is 5.82 Å². The van der Waals surface area contributed by atoms with Gasteiger partial charge in [-0.25, -0.2) is 4.79 Å². The van der Waals surface area contributed by atoms with Crippen molar-refractivity contribution in [1.82, 2.24) is 15.2 Å². The summed E-state index contributed by atoms with van der Waals surface area (Å²) in [6.07, 6.45) is 1.48. The number of para-hydroxylation sites is 1. The van der Waals surface area contributed by atoms with Gasteiger partial charge in [-0.1, -0.05) is 12.1 Å². The molecule has 0 saturated carbocycles. The second-order valence-electron chi connectivity index (χ2n) is 4.48. The summed E-state index contributed by atoms with van der Waals surface area (Å²) in [5.41, 5.74) is 1.02. The van der Waals surface area contributed by atoms with E-state index >= 15 is 0 Å². The number of hydrogen-bond acceptors (Lipinski definition) is 8. The molecular weight excluding hydrogens is 298 g/mol. The number of nitrogens with one attached hydrogen (secondary N) is 2. The Hall–Kier alpha value is -2.74. The van der Waals surface area contributed by atoms with E-state index in [0.29, 0.717) is 42.8 Å². The lowest BCUT2D eigenvalue weighted by atomic mass is 10.2. The van der Waals surface area contributed by atoms with Gasteiger partial charge >= 0.3 is 5.97 Å². The molecule has 1 aromatic heterocycles. The summed E-state index contributed by atoms with van der Waals surface area (Å²) in [5, 5.41) is 13.8. The third kappa shape index (κ3) is 4.89. The number of carbonyl (C=O) groups excluding carboxylic acids is 1. The number of ether oxygens (including phenoxy) is 2. The Labute approximate surface area is 134 Å². The van der Waals surface area contributed by atoms with Crippen molar-refractivity contribution < 1.29 is 14.3 Å². The Morgan fingerprint density at radius 2 is 2.13 bits per heavy atom. The van der Waals surface area contributed by atoms with Gasteiger partial charge in [-0.3, -0.25) is 0 Å². The van der Waals surface area contributed by atoms with Crippen molar-refractivity contribution in [3.63, 3.8) is 0 Å². The number of nitrogens with zero attached hydrogens (tertiary/aromatic N) is 3. The van der Waals surface area contributed by atoms with Crippen LogP contribution in [0.1, 0.15) is 17.3 Å². The molecule has 0 fully saturated rings. The van der Waals surface area contributed by atoms with E-state index in [4.69, 9.17) is 9.47 Å². The molecular formula is C15H19N5O3. The summed E-state index contributed by atoms with van der Waals surface area (Å²) >= 11 is 0. The first kappa shape index (κ1) is 16.6. The molecule has 0 saturated heterocycles. The molecule has 2 rings (SSSR count). The van der Waals surface area contributed by atoms with Crippen LogP contribution in [0, 0.1) is 0 Å². The van der Waals surface area contributed by atoms with Crippen LogP contribution < -0.4 is 10.6 Å². The number of benzene rings is 1. The van der Waals surface area contributed by atoms with E-state index in [0.717, 1.165) is 0 Å². The minimum atomic E-state index is -0.393. The first-order valence-electron chi connectivity index (χ1n) is 7.20. The average Bonchev–Trinajstić information content (AvgIpc) is 2.56. The fourth-order valence-electron chi connectivity index (χ4n) is 1.82. The molecule has 0 bridgehead atoms. The molecule has 0 aliphatic carbocycles. The van der Waals surface area contributed by atoms with Crippen molar-refractivity contribution >= 4 is 23.4 Å². The standard InChI is InChI=1S/C15H19N5O3/c1-3-23-14(21)11-6-4-5-7-12(11)18-13-10-17-20-15(19-13)16-8-9-22-2/h4-7,10H,3,8-9H2,1-2H3,(H2,16,18,19,20). The molecule has 2 N–H and O–H groups in total. The van der Waals surface area contributed by atoms with Gasteiger partial charge in [-0.15, -0.1) is 5.10 Å². The first-order chi connectivity index (χ1) is 11.2. The number of rotatable bonds is 8. The second kappa shape index (κ2) is 8.64. The fraction of sp³-hybridized carbons (Fsp3) is 0.333. The highest BCUT2D eigenvalue weighted by atomic mass is 16.5. The monoisotopic (exact) mass is 317 g/mol. The quantitative estimate of drug-likeness (QED) is 0.562. The zero-order valence-corrected chi connectivity index (χ0v) is 13.1. The molecule has 0 amide bonds. The second-order valence-corrected chi connectivity index (χ2v) is 4.48. The Morgan fingerprint density at radius 3 is 2.91 bits per heavy atom. The molecule has 8 heteroatoms. The Balaban J connectivity index is 2.13. The summed E-state index contributed by atoms with van der Waals surface area (Å²) in [7, 11) is 1.62. The number of anilines is 3. The van der Waals surface area contributed by atoms with E-state index in [1.807, 2.05) is 6.07 Å². The summed E-state index contributed by atoms with van der Waals surface area (Å²) in [6, 6.07) is 7.05. The number of hydrogen-bond donors (Lipinski definition) is 2. The third-order valence-corrected chi connectivity index (χ3v) is 2.83. The number of carbonyl (C=O) groups is 1. The Bertz CT molecular complexity index is 651. The lowest BCUT2D eigenvalue weighted by molar-refractivity contribution is 0.0527. The van der Waals surface area contributed by atoms with Crippen LogP contribution in [0.2, 0.25) is 0 Å². The highest BCUT2D eigenvalue weighted by Crippen LogP contribution is 2.20. The summed E-state index contributed by atoms with van der Waals surface area (Å²) < 4.78 is 9.99. The van der Waals surface area contributed by atoms with Crippen LogP contribution in [-0.4, -0.2) is 48.0 Å². The number of esters is 1. The molecule has 1 aromatic carbocycles. The molecule has 0 atom stereocenters. The highest BCUT2D eigenvalue weighted by Gasteiger charge is 2.12. The van der Waals surface area contributed by atoms with Gasteiger partial charge in [0, 0.05) is 13.7 Å². The first-order valence-corrected chi connectivity index (χ1v) is 7.20. The molecule has 0 aliphatic heterocycles. The average molecular weight is 317 g/mol. The van der Waals surface area contributed by atoms with Gasteiger partial charge in [-0.2, -0.15) is 10.1 Å². The maximum atomic E-state index is 12.0. The predicted octanol–water partition coefficient (Wildman–Crippen LogP) is 1.85. The molecule has 0 unspecified atom stereocenters. The molecule has 0 aliphatic rings. The van der Waals surface area contributed by atoms with E-state index in [1.54, 1.807) is 32.2 Å². The van der Waals surface area contributed by atoms with Crippen molar-refractivity contribution in [2.45, 2.75) is 6.92 Å². The normalized spacial score (nSPS) is 10.2. The summed E-state index contributed by atoms with van der Waals surface area (Å²) in [4.78, 5) is 16.2. The SMILES string of the molecule is CCOC(=O)c1ccccc1Nc1cnnc(NCCOC)n1. The highest BCUT2D eigenvalue weighted by molar-refractivity contribution is 5.96. The van der Waals surface area contributed by atoms with E-state index in [1.165, 1.54) is 6.20 Å². The molecule has 2 aromatic rings. The molecule has 1 heterocycles. The Morgan fingerprint density at radius 1 is 1.30 bits per heavy atom. The van der Waals surface area contributed by atoms with Gasteiger partial charge in [0.1, 0.15) is 0 Å². The minimum absolute atomic E-state index is 0.315. The van der Waals surface area contributed by atoms with E-state index in [-0.39, 0.29) is 0 Å². The van der Waals surface area contributed by atoms with Crippen molar-refractivity contribution in [3.8, 4) is 0 Å². The topological polar surface area (TPSA) is 98.3 Å². The van der Waals surface area contributed by atoms with E-state index < -0.39 is 5.97 Å². The van der Waals surface area contributed by atoms with Crippen LogP contribution in [0.15, 0.2) is 30.5 Å². The summed E-state index contributed by atoms with van der Waals surface area (Å²) in [6.45, 7) is 3.18. The predicted molar refractivity (Wildman–Crippen MR) is 85.9 cm³/mol. The van der Waals surface area contributed by atoms with E-state index in [9.17, 15) is 4.79 Å². The molecule has 0 radical (unpaired) electrons. The maximum absolute atomic E-state index is 12.0. The van der Waals surface area contributed by atoms with Crippen molar-refractivity contribution in [2.75, 3.05) is 37.5 Å². The fourth-order valence-corrected chi connectivity index (χ4v) is 1.82. The smallest absolute Gasteiger partial charge is 0.340 e. The van der Waals surface area contributed by atoms with Gasteiger partial charge < -0.3 is 20.1 Å². The lowest BCUT2D eigenvalue weighted by Gasteiger charge is -2.11. The number of methoxy groups -OCH3 is 1. The van der Waals surface area contributed by atoms with Crippen LogP contribution in [0.25, 0.3) is 0 Å². The maximum Gasteiger partial charge on any atom is 0.340 e. The van der Waals surface area contributed by atoms with Crippen LogP contribution in [0.4, 0.5) is 17.5 Å². The molecule has 23 heavy (non-hydrogen) atoms. The van der Waals surface area contributed by atoms with Crippen LogP contribution in [0.5, 0.6) is 0 Å². The molecule has 0 spiro atoms. The van der Waals surface area contributed by atoms with Crippen LogP contribution in [-0.2, 0) is 9.47 Å². The minimum Gasteiger partial charge on any atom is -0.462 e. The Kier molecular flexibility index (Phi) is 6.25. The van der Waals surface area contributed by atoms with E-state index in [2.05, 4.69) is 25.8 Å². The van der Waals surface area contributed by atoms with Gasteiger partial charge in [0.25, 0.3) is 0 Å². The largest absolute Gasteiger partial charge is 0.462 e. The van der Waals surface area contributed by atoms with Gasteiger partial charge in [0.05, 0.1) is 30.7 Å².